The van der Waals surface area contributed by atoms with Crippen LogP contribution in [0.15, 0.2) is 30.3 Å². The first kappa shape index (κ1) is 10.7. The Morgan fingerprint density at radius 3 is 2.67 bits per heavy atom. The summed E-state index contributed by atoms with van der Waals surface area (Å²) in [6.45, 7) is 4.02. The van der Waals surface area contributed by atoms with Crippen molar-refractivity contribution in [2.75, 3.05) is 13.1 Å². The Morgan fingerprint density at radius 2 is 2.13 bits per heavy atom. The fourth-order valence-electron chi connectivity index (χ4n) is 2.52. The zero-order valence-corrected chi connectivity index (χ0v) is 9.24. The Morgan fingerprint density at radius 1 is 1.40 bits per heavy atom. The molecule has 82 valence electrons. The molecule has 1 aromatic carbocycles. The number of hydrogen-bond donors (Lipinski definition) is 2. The summed E-state index contributed by atoms with van der Waals surface area (Å²) in [5.74, 6) is 0.352. The monoisotopic (exact) mass is 205 g/mol. The molecular formula is C13H19NO. The van der Waals surface area contributed by atoms with Crippen molar-refractivity contribution in [1.82, 2.24) is 5.32 Å². The molecule has 2 N–H and O–H groups in total. The molecule has 15 heavy (non-hydrogen) atoms. The van der Waals surface area contributed by atoms with E-state index >= 15 is 0 Å². The summed E-state index contributed by atoms with van der Waals surface area (Å²) in [5, 5.41) is 14.1. The lowest BCUT2D eigenvalue weighted by molar-refractivity contribution is -0.0204. The lowest BCUT2D eigenvalue weighted by atomic mass is 9.79. The molecule has 1 aliphatic rings. The van der Waals surface area contributed by atoms with Gasteiger partial charge in [0.15, 0.2) is 0 Å². The predicted molar refractivity (Wildman–Crippen MR) is 61.6 cm³/mol. The smallest absolute Gasteiger partial charge is 0.0934 e. The predicted octanol–water partition coefficient (Wildman–Crippen LogP) is 1.89. The van der Waals surface area contributed by atoms with Crippen LogP contribution in [0.2, 0.25) is 0 Å². The molecule has 0 aromatic heterocycles. The number of benzene rings is 1. The van der Waals surface area contributed by atoms with Gasteiger partial charge in [-0.15, -0.1) is 0 Å². The number of nitrogens with one attached hydrogen (secondary N) is 1. The molecule has 1 fully saturated rings. The van der Waals surface area contributed by atoms with Crippen LogP contribution in [-0.2, 0) is 5.60 Å². The summed E-state index contributed by atoms with van der Waals surface area (Å²) in [4.78, 5) is 0. The van der Waals surface area contributed by atoms with E-state index in [0.717, 1.165) is 31.5 Å². The maximum absolute atomic E-state index is 10.8. The van der Waals surface area contributed by atoms with E-state index < -0.39 is 5.60 Å². The fourth-order valence-corrected chi connectivity index (χ4v) is 2.52. The molecule has 1 heterocycles. The van der Waals surface area contributed by atoms with Gasteiger partial charge in [-0.05, 0) is 24.9 Å². The minimum absolute atomic E-state index is 0.352. The molecule has 0 unspecified atom stereocenters. The van der Waals surface area contributed by atoms with Crippen molar-refractivity contribution in [1.29, 1.82) is 0 Å². The lowest BCUT2D eigenvalue weighted by Gasteiger charge is -2.33. The first-order valence-electron chi connectivity index (χ1n) is 5.76. The number of hydrogen-bond acceptors (Lipinski definition) is 2. The van der Waals surface area contributed by atoms with Gasteiger partial charge in [0.1, 0.15) is 0 Å². The van der Waals surface area contributed by atoms with Crippen molar-refractivity contribution in [3.63, 3.8) is 0 Å². The zero-order chi connectivity index (χ0) is 10.7. The zero-order valence-electron chi connectivity index (χ0n) is 9.24. The van der Waals surface area contributed by atoms with Crippen LogP contribution in [0.4, 0.5) is 0 Å². The standard InChI is InChI=1S/C13H19NO/c1-2-13(15,12-8-9-14-10-12)11-6-4-3-5-7-11/h3-7,12,14-15H,2,8-10H2,1H3/t12-,13+/m1/s1. The average Bonchev–Trinajstić information content (AvgIpc) is 2.83. The summed E-state index contributed by atoms with van der Waals surface area (Å²) in [6.07, 6.45) is 1.85. The summed E-state index contributed by atoms with van der Waals surface area (Å²) >= 11 is 0. The third kappa shape index (κ3) is 1.92. The van der Waals surface area contributed by atoms with E-state index in [2.05, 4.69) is 12.2 Å². The van der Waals surface area contributed by atoms with Crippen LogP contribution in [0.1, 0.15) is 25.3 Å². The lowest BCUT2D eigenvalue weighted by Crippen LogP contribution is -2.35. The van der Waals surface area contributed by atoms with Crippen molar-refractivity contribution in [2.45, 2.75) is 25.4 Å². The number of rotatable bonds is 3. The normalized spacial score (nSPS) is 25.1. The van der Waals surface area contributed by atoms with Crippen LogP contribution in [0.5, 0.6) is 0 Å². The van der Waals surface area contributed by atoms with Crippen molar-refractivity contribution in [3.8, 4) is 0 Å². The van der Waals surface area contributed by atoms with E-state index in [9.17, 15) is 5.11 Å². The van der Waals surface area contributed by atoms with E-state index in [4.69, 9.17) is 0 Å². The summed E-state index contributed by atoms with van der Waals surface area (Å²) in [5.41, 5.74) is 0.409. The molecule has 0 radical (unpaired) electrons. The average molecular weight is 205 g/mol. The molecule has 2 nitrogen and oxygen atoms in total. The molecule has 2 atom stereocenters. The van der Waals surface area contributed by atoms with E-state index in [-0.39, 0.29) is 0 Å². The van der Waals surface area contributed by atoms with Crippen molar-refractivity contribution in [3.05, 3.63) is 35.9 Å². The Balaban J connectivity index is 2.28. The van der Waals surface area contributed by atoms with Crippen LogP contribution < -0.4 is 5.32 Å². The highest BCUT2D eigenvalue weighted by Crippen LogP contribution is 2.36. The maximum atomic E-state index is 10.8. The third-order valence-electron chi connectivity index (χ3n) is 3.55. The largest absolute Gasteiger partial charge is 0.385 e. The van der Waals surface area contributed by atoms with Crippen molar-refractivity contribution < 1.29 is 5.11 Å². The first-order chi connectivity index (χ1) is 7.27. The molecular weight excluding hydrogens is 186 g/mol. The molecule has 1 aromatic rings. The Kier molecular flexibility index (Phi) is 3.08. The molecule has 0 bridgehead atoms. The van der Waals surface area contributed by atoms with Gasteiger partial charge in [0.05, 0.1) is 5.60 Å². The Labute approximate surface area is 91.3 Å². The van der Waals surface area contributed by atoms with Gasteiger partial charge >= 0.3 is 0 Å². The molecule has 0 saturated carbocycles. The van der Waals surface area contributed by atoms with Gasteiger partial charge in [0.2, 0.25) is 0 Å². The number of aliphatic hydroxyl groups is 1. The molecule has 0 spiro atoms. The second kappa shape index (κ2) is 4.33. The highest BCUT2D eigenvalue weighted by molar-refractivity contribution is 5.23. The van der Waals surface area contributed by atoms with Gasteiger partial charge in [-0.2, -0.15) is 0 Å². The SMILES string of the molecule is CC[C@](O)(c1ccccc1)[C@@H]1CCNC1. The first-order valence-corrected chi connectivity index (χ1v) is 5.76. The van der Waals surface area contributed by atoms with Gasteiger partial charge < -0.3 is 10.4 Å². The molecule has 1 saturated heterocycles. The maximum Gasteiger partial charge on any atom is 0.0934 e. The Bertz CT molecular complexity index is 306. The summed E-state index contributed by atoms with van der Waals surface area (Å²) in [7, 11) is 0. The van der Waals surface area contributed by atoms with Gasteiger partial charge in [-0.3, -0.25) is 0 Å². The summed E-state index contributed by atoms with van der Waals surface area (Å²) in [6, 6.07) is 10.0. The third-order valence-corrected chi connectivity index (χ3v) is 3.55. The highest BCUT2D eigenvalue weighted by Gasteiger charge is 2.37. The molecule has 2 heteroatoms. The van der Waals surface area contributed by atoms with Gasteiger partial charge in [-0.1, -0.05) is 37.3 Å². The fraction of sp³-hybridized carbons (Fsp3) is 0.538. The highest BCUT2D eigenvalue weighted by atomic mass is 16.3. The van der Waals surface area contributed by atoms with E-state index in [1.807, 2.05) is 30.3 Å². The second-order valence-corrected chi connectivity index (χ2v) is 4.33. The van der Waals surface area contributed by atoms with Gasteiger partial charge in [0, 0.05) is 12.5 Å². The minimum Gasteiger partial charge on any atom is -0.385 e. The quantitative estimate of drug-likeness (QED) is 0.790. The topological polar surface area (TPSA) is 32.3 Å². The minimum atomic E-state index is -0.648. The van der Waals surface area contributed by atoms with Crippen LogP contribution >= 0.6 is 0 Å². The van der Waals surface area contributed by atoms with Crippen LogP contribution in [-0.4, -0.2) is 18.2 Å². The Hall–Kier alpha value is -0.860. The van der Waals surface area contributed by atoms with Gasteiger partial charge in [0.25, 0.3) is 0 Å². The molecule has 0 aliphatic carbocycles. The van der Waals surface area contributed by atoms with Crippen LogP contribution in [0.3, 0.4) is 0 Å². The van der Waals surface area contributed by atoms with Gasteiger partial charge in [-0.25, -0.2) is 0 Å². The molecule has 1 aliphatic heterocycles. The van der Waals surface area contributed by atoms with Crippen molar-refractivity contribution in [2.24, 2.45) is 5.92 Å². The van der Waals surface area contributed by atoms with Crippen LogP contribution in [0, 0.1) is 5.92 Å². The van der Waals surface area contributed by atoms with E-state index in [0.29, 0.717) is 5.92 Å². The van der Waals surface area contributed by atoms with E-state index in [1.165, 1.54) is 0 Å². The second-order valence-electron chi connectivity index (χ2n) is 4.33. The molecule has 2 rings (SSSR count). The van der Waals surface area contributed by atoms with Crippen LogP contribution in [0.25, 0.3) is 0 Å². The summed E-state index contributed by atoms with van der Waals surface area (Å²) < 4.78 is 0. The molecule has 0 amide bonds. The van der Waals surface area contributed by atoms with Crippen molar-refractivity contribution >= 4 is 0 Å². The van der Waals surface area contributed by atoms with E-state index in [1.54, 1.807) is 0 Å².